The number of aryl methyl sites for hydroxylation is 1. The lowest BCUT2D eigenvalue weighted by Crippen LogP contribution is -2.56. The van der Waals surface area contributed by atoms with Gasteiger partial charge >= 0.3 is 0 Å². The maximum absolute atomic E-state index is 13.0. The number of rotatable bonds is 1. The minimum Gasteiger partial charge on any atom is -0.354 e. The van der Waals surface area contributed by atoms with Gasteiger partial charge in [0.05, 0.1) is 0 Å². The van der Waals surface area contributed by atoms with Crippen molar-refractivity contribution in [2.75, 3.05) is 26.2 Å². The van der Waals surface area contributed by atoms with E-state index < -0.39 is 0 Å². The molecule has 0 saturated carbocycles. The lowest BCUT2D eigenvalue weighted by molar-refractivity contribution is 0.0368. The standard InChI is InChI=1S/C18H25N3O2/c1-12-16-14(6-4-7-15(16)22)19-17(12)18(23)21-10-9-20-8-3-2-5-13(20)11-21/h13,19H,2-11H2,1H3. The summed E-state index contributed by atoms with van der Waals surface area (Å²) < 4.78 is 0. The Morgan fingerprint density at radius 1 is 1.13 bits per heavy atom. The van der Waals surface area contributed by atoms with Gasteiger partial charge in [0, 0.05) is 43.4 Å². The normalized spacial score (nSPS) is 25.2. The maximum Gasteiger partial charge on any atom is 0.270 e. The second kappa shape index (κ2) is 5.78. The molecule has 4 rings (SSSR count). The number of carbonyl (C=O) groups is 2. The summed E-state index contributed by atoms with van der Waals surface area (Å²) in [4.78, 5) is 32.9. The number of nitrogens with zero attached hydrogens (tertiary/aromatic N) is 2. The molecule has 0 aromatic carbocycles. The number of aromatic nitrogens is 1. The average molecular weight is 315 g/mol. The molecule has 1 aliphatic carbocycles. The zero-order chi connectivity index (χ0) is 16.0. The molecule has 1 aromatic heterocycles. The third kappa shape index (κ3) is 2.51. The molecule has 124 valence electrons. The number of carbonyl (C=O) groups excluding carboxylic acids is 2. The first-order valence-corrected chi connectivity index (χ1v) is 8.93. The monoisotopic (exact) mass is 315 g/mol. The number of H-pyrrole nitrogens is 1. The van der Waals surface area contributed by atoms with Gasteiger partial charge in [-0.05, 0) is 44.7 Å². The van der Waals surface area contributed by atoms with Crippen molar-refractivity contribution in [3.8, 4) is 0 Å². The van der Waals surface area contributed by atoms with Gasteiger partial charge in [0.15, 0.2) is 5.78 Å². The molecule has 1 atom stereocenters. The Bertz CT molecular complexity index is 649. The summed E-state index contributed by atoms with van der Waals surface area (Å²) in [5, 5.41) is 0. The van der Waals surface area contributed by atoms with Crippen LogP contribution in [0.5, 0.6) is 0 Å². The van der Waals surface area contributed by atoms with Gasteiger partial charge in [-0.3, -0.25) is 14.5 Å². The Morgan fingerprint density at radius 3 is 2.83 bits per heavy atom. The minimum absolute atomic E-state index is 0.0786. The van der Waals surface area contributed by atoms with E-state index in [0.29, 0.717) is 18.2 Å². The van der Waals surface area contributed by atoms with Crippen molar-refractivity contribution < 1.29 is 9.59 Å². The van der Waals surface area contributed by atoms with E-state index in [0.717, 1.165) is 49.3 Å². The number of amides is 1. The molecule has 23 heavy (non-hydrogen) atoms. The Hall–Kier alpha value is -1.62. The number of fused-ring (bicyclic) bond motifs is 2. The zero-order valence-corrected chi connectivity index (χ0v) is 13.9. The van der Waals surface area contributed by atoms with Crippen LogP contribution in [-0.2, 0) is 6.42 Å². The van der Waals surface area contributed by atoms with Gasteiger partial charge in [0.1, 0.15) is 5.69 Å². The van der Waals surface area contributed by atoms with Gasteiger partial charge in [-0.15, -0.1) is 0 Å². The van der Waals surface area contributed by atoms with Gasteiger partial charge in [-0.2, -0.15) is 0 Å². The zero-order valence-electron chi connectivity index (χ0n) is 13.9. The number of aromatic amines is 1. The van der Waals surface area contributed by atoms with Gasteiger partial charge in [0.25, 0.3) is 5.91 Å². The van der Waals surface area contributed by atoms with Gasteiger partial charge < -0.3 is 9.88 Å². The van der Waals surface area contributed by atoms with Crippen LogP contribution in [-0.4, -0.2) is 58.7 Å². The minimum atomic E-state index is 0.0786. The predicted molar refractivity (Wildman–Crippen MR) is 87.9 cm³/mol. The molecule has 1 aromatic rings. The van der Waals surface area contributed by atoms with E-state index in [-0.39, 0.29) is 11.7 Å². The van der Waals surface area contributed by atoms with E-state index in [2.05, 4.69) is 9.88 Å². The van der Waals surface area contributed by atoms with E-state index in [1.54, 1.807) is 0 Å². The van der Waals surface area contributed by atoms with E-state index in [9.17, 15) is 9.59 Å². The molecular formula is C18H25N3O2. The van der Waals surface area contributed by atoms with Crippen molar-refractivity contribution in [1.82, 2.24) is 14.8 Å². The van der Waals surface area contributed by atoms with Crippen molar-refractivity contribution in [3.05, 3.63) is 22.5 Å². The van der Waals surface area contributed by atoms with Crippen molar-refractivity contribution in [3.63, 3.8) is 0 Å². The largest absolute Gasteiger partial charge is 0.354 e. The fourth-order valence-electron chi connectivity index (χ4n) is 4.49. The van der Waals surface area contributed by atoms with Crippen molar-refractivity contribution in [1.29, 1.82) is 0 Å². The van der Waals surface area contributed by atoms with Crippen LogP contribution in [0.3, 0.4) is 0 Å². The predicted octanol–water partition coefficient (Wildman–Crippen LogP) is 2.15. The first kappa shape index (κ1) is 14.9. The second-order valence-electron chi connectivity index (χ2n) is 7.19. The quantitative estimate of drug-likeness (QED) is 0.864. The lowest BCUT2D eigenvalue weighted by Gasteiger charge is -2.44. The molecule has 5 heteroatoms. The molecule has 2 aliphatic heterocycles. The summed E-state index contributed by atoms with van der Waals surface area (Å²) >= 11 is 0. The first-order chi connectivity index (χ1) is 11.1. The smallest absolute Gasteiger partial charge is 0.270 e. The topological polar surface area (TPSA) is 56.4 Å². The highest BCUT2D eigenvalue weighted by Gasteiger charge is 2.34. The van der Waals surface area contributed by atoms with Crippen molar-refractivity contribution in [2.24, 2.45) is 0 Å². The highest BCUT2D eigenvalue weighted by molar-refractivity contribution is 6.04. The van der Waals surface area contributed by atoms with Crippen LogP contribution in [0, 0.1) is 6.92 Å². The lowest BCUT2D eigenvalue weighted by atomic mass is 9.93. The van der Waals surface area contributed by atoms with E-state index in [1.807, 2.05) is 11.8 Å². The number of nitrogens with one attached hydrogen (secondary N) is 1. The summed E-state index contributed by atoms with van der Waals surface area (Å²) in [6.07, 6.45) is 6.14. The summed E-state index contributed by atoms with van der Waals surface area (Å²) in [5.74, 6) is 0.270. The summed E-state index contributed by atoms with van der Waals surface area (Å²) in [7, 11) is 0. The van der Waals surface area contributed by atoms with Crippen LogP contribution in [0.1, 0.15) is 64.2 Å². The molecule has 1 unspecified atom stereocenters. The highest BCUT2D eigenvalue weighted by atomic mass is 16.2. The first-order valence-electron chi connectivity index (χ1n) is 8.93. The average Bonchev–Trinajstić information content (AvgIpc) is 2.92. The SMILES string of the molecule is Cc1c(C(=O)N2CCN3CCCCC3C2)[nH]c2c1C(=O)CCC2. The second-order valence-corrected chi connectivity index (χ2v) is 7.19. The highest BCUT2D eigenvalue weighted by Crippen LogP contribution is 2.28. The number of piperidine rings is 1. The molecule has 3 aliphatic rings. The van der Waals surface area contributed by atoms with E-state index >= 15 is 0 Å². The Kier molecular flexibility index (Phi) is 3.76. The Balaban J connectivity index is 1.56. The van der Waals surface area contributed by atoms with Crippen LogP contribution in [0.15, 0.2) is 0 Å². The molecule has 3 heterocycles. The number of Topliss-reactive ketones (excluding diaryl/α,β-unsaturated/α-hetero) is 1. The molecule has 1 N–H and O–H groups in total. The third-order valence-corrected chi connectivity index (χ3v) is 5.78. The van der Waals surface area contributed by atoms with E-state index in [1.165, 1.54) is 25.8 Å². The third-order valence-electron chi connectivity index (χ3n) is 5.78. The molecule has 5 nitrogen and oxygen atoms in total. The number of hydrogen-bond donors (Lipinski definition) is 1. The number of piperazine rings is 1. The van der Waals surface area contributed by atoms with Crippen LogP contribution < -0.4 is 0 Å². The molecule has 0 bridgehead atoms. The molecule has 0 spiro atoms. The molecule has 1 amide bonds. The van der Waals surface area contributed by atoms with Gasteiger partial charge in [-0.1, -0.05) is 6.42 Å². The van der Waals surface area contributed by atoms with Crippen molar-refractivity contribution in [2.45, 2.75) is 51.5 Å². The fraction of sp³-hybridized carbons (Fsp3) is 0.667. The molecular weight excluding hydrogens is 290 g/mol. The van der Waals surface area contributed by atoms with Gasteiger partial charge in [0.2, 0.25) is 0 Å². The van der Waals surface area contributed by atoms with E-state index in [4.69, 9.17) is 0 Å². The molecule has 2 fully saturated rings. The van der Waals surface area contributed by atoms with Gasteiger partial charge in [-0.25, -0.2) is 0 Å². The molecule has 0 radical (unpaired) electrons. The van der Waals surface area contributed by atoms with Crippen LogP contribution in [0.2, 0.25) is 0 Å². The number of ketones is 1. The van der Waals surface area contributed by atoms with Crippen LogP contribution >= 0.6 is 0 Å². The van der Waals surface area contributed by atoms with Crippen LogP contribution in [0.25, 0.3) is 0 Å². The van der Waals surface area contributed by atoms with Crippen LogP contribution in [0.4, 0.5) is 0 Å². The summed E-state index contributed by atoms with van der Waals surface area (Å²) in [6, 6.07) is 0.521. The summed E-state index contributed by atoms with van der Waals surface area (Å²) in [6.45, 7) is 5.71. The fourth-order valence-corrected chi connectivity index (χ4v) is 4.49. The Morgan fingerprint density at radius 2 is 2.00 bits per heavy atom. The molecule has 2 saturated heterocycles. The van der Waals surface area contributed by atoms with Crippen molar-refractivity contribution >= 4 is 11.7 Å². The number of hydrogen-bond acceptors (Lipinski definition) is 3. The maximum atomic E-state index is 13.0. The Labute approximate surface area is 137 Å². The summed E-state index contributed by atoms with van der Waals surface area (Å²) in [5.41, 5.74) is 3.27.